The number of hydrogen-bond acceptors (Lipinski definition) is 4. The second kappa shape index (κ2) is 9.94. The molecule has 1 aliphatic carbocycles. The zero-order chi connectivity index (χ0) is 24.4. The second-order valence-electron chi connectivity index (χ2n) is 10.0. The number of carbonyl (C=O) groups excluding carboxylic acids is 2. The van der Waals surface area contributed by atoms with Crippen molar-refractivity contribution in [3.63, 3.8) is 0 Å². The van der Waals surface area contributed by atoms with Gasteiger partial charge in [-0.2, -0.15) is 0 Å². The molecule has 1 aromatic heterocycles. The fraction of sp³-hybridized carbons (Fsp3) is 0.414. The molecule has 1 saturated heterocycles. The summed E-state index contributed by atoms with van der Waals surface area (Å²) in [6.45, 7) is 5.96. The number of thiazole rings is 1. The third kappa shape index (κ3) is 5.03. The summed E-state index contributed by atoms with van der Waals surface area (Å²) >= 11 is 1.48. The van der Waals surface area contributed by atoms with Crippen LogP contribution < -0.4 is 5.32 Å². The van der Waals surface area contributed by atoms with Crippen LogP contribution in [0.2, 0.25) is 0 Å². The highest BCUT2D eigenvalue weighted by Gasteiger charge is 2.58. The molecule has 0 bridgehead atoms. The van der Waals surface area contributed by atoms with Crippen molar-refractivity contribution in [2.45, 2.75) is 45.4 Å². The Labute approximate surface area is 211 Å². The number of nitrogens with zero attached hydrogens (tertiary/aromatic N) is 2. The van der Waals surface area contributed by atoms with Gasteiger partial charge >= 0.3 is 0 Å². The predicted octanol–water partition coefficient (Wildman–Crippen LogP) is 5.34. The van der Waals surface area contributed by atoms with Crippen LogP contribution in [0.15, 0.2) is 60.7 Å². The Morgan fingerprint density at radius 3 is 2.17 bits per heavy atom. The molecular weight excluding hydrogens is 454 g/mol. The van der Waals surface area contributed by atoms with Gasteiger partial charge in [0.1, 0.15) is 4.88 Å². The third-order valence-electron chi connectivity index (χ3n) is 7.79. The summed E-state index contributed by atoms with van der Waals surface area (Å²) < 4.78 is 0. The summed E-state index contributed by atoms with van der Waals surface area (Å²) in [7, 11) is 0. The number of likely N-dealkylation sites (tertiary alicyclic amines) is 1. The molecule has 2 heterocycles. The van der Waals surface area contributed by atoms with Crippen LogP contribution in [0.1, 0.15) is 63.1 Å². The third-order valence-corrected chi connectivity index (χ3v) is 8.85. The first-order chi connectivity index (χ1) is 17.0. The van der Waals surface area contributed by atoms with E-state index >= 15 is 0 Å². The van der Waals surface area contributed by atoms with Crippen molar-refractivity contribution in [2.24, 2.45) is 11.3 Å². The topological polar surface area (TPSA) is 62.3 Å². The van der Waals surface area contributed by atoms with E-state index < -0.39 is 0 Å². The van der Waals surface area contributed by atoms with Gasteiger partial charge < -0.3 is 10.2 Å². The van der Waals surface area contributed by atoms with E-state index in [2.05, 4.69) is 58.8 Å². The summed E-state index contributed by atoms with van der Waals surface area (Å²) in [5.41, 5.74) is 3.46. The van der Waals surface area contributed by atoms with Crippen molar-refractivity contribution in [2.75, 3.05) is 19.6 Å². The summed E-state index contributed by atoms with van der Waals surface area (Å²) in [5, 5.41) is 4.16. The van der Waals surface area contributed by atoms with Crippen molar-refractivity contribution < 1.29 is 9.59 Å². The molecule has 35 heavy (non-hydrogen) atoms. The van der Waals surface area contributed by atoms with Gasteiger partial charge in [-0.25, -0.2) is 4.98 Å². The molecule has 6 heteroatoms. The van der Waals surface area contributed by atoms with Crippen LogP contribution >= 0.6 is 11.3 Å². The van der Waals surface area contributed by atoms with Gasteiger partial charge in [-0.15, -0.1) is 11.3 Å². The molecule has 0 radical (unpaired) electrons. The van der Waals surface area contributed by atoms with Gasteiger partial charge in [-0.05, 0) is 56.1 Å². The number of nitrogens with one attached hydrogen (secondary N) is 1. The number of carbonyl (C=O) groups is 2. The zero-order valence-corrected chi connectivity index (χ0v) is 21.3. The number of rotatable bonds is 7. The summed E-state index contributed by atoms with van der Waals surface area (Å²) in [6.07, 6.45) is 3.63. The average Bonchev–Trinajstić information content (AvgIpc) is 3.47. The summed E-state index contributed by atoms with van der Waals surface area (Å²) in [4.78, 5) is 33.1. The Morgan fingerprint density at radius 1 is 1.03 bits per heavy atom. The lowest BCUT2D eigenvalue weighted by molar-refractivity contribution is -0.123. The van der Waals surface area contributed by atoms with Gasteiger partial charge in [0.05, 0.1) is 10.7 Å². The highest BCUT2D eigenvalue weighted by molar-refractivity contribution is 7.13. The molecule has 2 aliphatic rings. The maximum Gasteiger partial charge on any atom is 0.265 e. The molecule has 1 saturated carbocycles. The van der Waals surface area contributed by atoms with E-state index in [4.69, 9.17) is 0 Å². The summed E-state index contributed by atoms with van der Waals surface area (Å²) in [6, 6.07) is 21.0. The van der Waals surface area contributed by atoms with Gasteiger partial charge in [0, 0.05) is 31.5 Å². The number of aryl methyl sites for hydroxylation is 2. The first-order valence-corrected chi connectivity index (χ1v) is 13.4. The largest absolute Gasteiger partial charge is 0.356 e. The highest BCUT2D eigenvalue weighted by Crippen LogP contribution is 2.59. The second-order valence-corrected chi connectivity index (χ2v) is 11.2. The van der Waals surface area contributed by atoms with Crippen LogP contribution in [0.25, 0.3) is 0 Å². The van der Waals surface area contributed by atoms with Crippen LogP contribution in [-0.2, 0) is 4.79 Å². The molecule has 5 rings (SSSR count). The predicted molar refractivity (Wildman–Crippen MR) is 140 cm³/mol. The number of aromatic nitrogens is 1. The number of benzene rings is 2. The molecule has 1 aliphatic heterocycles. The monoisotopic (exact) mass is 487 g/mol. The van der Waals surface area contributed by atoms with Crippen molar-refractivity contribution in [3.05, 3.63) is 87.4 Å². The van der Waals surface area contributed by atoms with E-state index in [1.807, 2.05) is 30.9 Å². The molecule has 182 valence electrons. The van der Waals surface area contributed by atoms with E-state index in [9.17, 15) is 9.59 Å². The van der Waals surface area contributed by atoms with E-state index in [0.717, 1.165) is 54.4 Å². The fourth-order valence-electron chi connectivity index (χ4n) is 5.66. The van der Waals surface area contributed by atoms with E-state index in [-0.39, 0.29) is 29.1 Å². The lowest BCUT2D eigenvalue weighted by Crippen LogP contribution is -2.40. The highest BCUT2D eigenvalue weighted by atomic mass is 32.1. The molecule has 1 N–H and O–H groups in total. The zero-order valence-electron chi connectivity index (χ0n) is 20.5. The van der Waals surface area contributed by atoms with Crippen molar-refractivity contribution in [1.82, 2.24) is 15.2 Å². The Morgan fingerprint density at radius 2 is 1.63 bits per heavy atom. The molecule has 2 fully saturated rings. The molecular formula is C29H33N3O2S. The molecule has 3 aromatic rings. The van der Waals surface area contributed by atoms with Gasteiger partial charge in [0.15, 0.2) is 0 Å². The molecule has 1 spiro atoms. The van der Waals surface area contributed by atoms with Crippen molar-refractivity contribution in [1.29, 1.82) is 0 Å². The molecule has 5 nitrogen and oxygen atoms in total. The SMILES string of the molecule is Cc1nc(C)c(C(=O)N2CCC3(CC2)C[C@H]3C(=O)NCCC(c2ccccc2)c2ccccc2)s1. The normalized spacial score (nSPS) is 18.6. The van der Waals surface area contributed by atoms with Crippen LogP contribution in [0.4, 0.5) is 0 Å². The van der Waals surface area contributed by atoms with E-state index in [1.54, 1.807) is 0 Å². The lowest BCUT2D eigenvalue weighted by atomic mass is 9.88. The number of amides is 2. The summed E-state index contributed by atoms with van der Waals surface area (Å²) in [5.74, 6) is 0.619. The smallest absolute Gasteiger partial charge is 0.265 e. The van der Waals surface area contributed by atoms with Gasteiger partial charge in [0.25, 0.3) is 5.91 Å². The Kier molecular flexibility index (Phi) is 6.74. The van der Waals surface area contributed by atoms with Crippen LogP contribution in [0.5, 0.6) is 0 Å². The maximum atomic E-state index is 13.0. The first kappa shape index (κ1) is 23.7. The Hall–Kier alpha value is -2.99. The van der Waals surface area contributed by atoms with Crippen LogP contribution in [0, 0.1) is 25.2 Å². The minimum absolute atomic E-state index is 0.0811. The van der Waals surface area contributed by atoms with Gasteiger partial charge in [-0.3, -0.25) is 9.59 Å². The van der Waals surface area contributed by atoms with Crippen molar-refractivity contribution >= 4 is 23.2 Å². The lowest BCUT2D eigenvalue weighted by Gasteiger charge is -2.32. The maximum absolute atomic E-state index is 13.0. The molecule has 2 amide bonds. The van der Waals surface area contributed by atoms with E-state index in [1.165, 1.54) is 22.5 Å². The van der Waals surface area contributed by atoms with Crippen LogP contribution in [0.3, 0.4) is 0 Å². The fourth-order valence-corrected chi connectivity index (χ4v) is 6.55. The van der Waals surface area contributed by atoms with Crippen molar-refractivity contribution in [3.8, 4) is 0 Å². The first-order valence-electron chi connectivity index (χ1n) is 12.6. The van der Waals surface area contributed by atoms with Gasteiger partial charge in [0.2, 0.25) is 5.91 Å². The Balaban J connectivity index is 1.14. The molecule has 0 unspecified atom stereocenters. The van der Waals surface area contributed by atoms with Crippen LogP contribution in [-0.4, -0.2) is 41.3 Å². The average molecular weight is 488 g/mol. The standard InChI is InChI=1S/C29H33N3O2S/c1-20-26(35-21(2)31-20)28(34)32-17-14-29(15-18-32)19-25(29)27(33)30-16-13-24(22-9-5-3-6-10-22)23-11-7-4-8-12-23/h3-12,24-25H,13-19H2,1-2H3,(H,30,33)/t25-/m0/s1. The quantitative estimate of drug-likeness (QED) is 0.489. The van der Waals surface area contributed by atoms with Gasteiger partial charge in [-0.1, -0.05) is 60.7 Å². The Bertz CT molecular complexity index is 1140. The molecule has 2 aromatic carbocycles. The minimum atomic E-state index is 0.0811. The van der Waals surface area contributed by atoms with E-state index in [0.29, 0.717) is 6.54 Å². The number of piperidine rings is 1. The molecule has 1 atom stereocenters. The minimum Gasteiger partial charge on any atom is -0.356 e. The number of hydrogen-bond donors (Lipinski definition) is 1.